The smallest absolute Gasteiger partial charge is 0.328 e. The van der Waals surface area contributed by atoms with E-state index in [2.05, 4.69) is 20.8 Å². The van der Waals surface area contributed by atoms with Gasteiger partial charge < -0.3 is 9.84 Å². The summed E-state index contributed by atoms with van der Waals surface area (Å²) in [6.07, 6.45) is 3.20. The van der Waals surface area contributed by atoms with Crippen LogP contribution in [0.2, 0.25) is 0 Å². The van der Waals surface area contributed by atoms with Gasteiger partial charge in [0.1, 0.15) is 5.72 Å². The second-order valence-corrected chi connectivity index (χ2v) is 9.45. The zero-order valence-electron chi connectivity index (χ0n) is 17.4. The number of carbonyl (C=O) groups is 2. The summed E-state index contributed by atoms with van der Waals surface area (Å²) in [5, 5.41) is 11.6. The van der Waals surface area contributed by atoms with Crippen LogP contribution in [-0.4, -0.2) is 40.3 Å². The van der Waals surface area contributed by atoms with Crippen molar-refractivity contribution in [1.82, 2.24) is 4.90 Å². The van der Waals surface area contributed by atoms with E-state index in [9.17, 15) is 14.7 Å². The molecule has 29 heavy (non-hydrogen) atoms. The Bertz CT molecular complexity index is 932. The first-order valence-corrected chi connectivity index (χ1v) is 10.4. The van der Waals surface area contributed by atoms with Crippen molar-refractivity contribution < 1.29 is 19.4 Å². The number of benzene rings is 2. The summed E-state index contributed by atoms with van der Waals surface area (Å²) >= 11 is 0. The zero-order chi connectivity index (χ0) is 20.8. The van der Waals surface area contributed by atoms with E-state index in [1.807, 2.05) is 36.4 Å². The van der Waals surface area contributed by atoms with Crippen LogP contribution in [0.3, 0.4) is 0 Å². The zero-order valence-corrected chi connectivity index (χ0v) is 17.4. The van der Waals surface area contributed by atoms with Crippen molar-refractivity contribution in [3.05, 3.63) is 48.0 Å². The molecule has 1 spiro atoms. The van der Waals surface area contributed by atoms with E-state index in [4.69, 9.17) is 4.74 Å². The summed E-state index contributed by atoms with van der Waals surface area (Å²) in [5.74, 6) is -0.718. The minimum Gasteiger partial charge on any atom is -0.480 e. The number of carboxylic acids is 1. The van der Waals surface area contributed by atoms with Gasteiger partial charge in [-0.1, -0.05) is 57.2 Å². The van der Waals surface area contributed by atoms with Gasteiger partial charge in [0.05, 0.1) is 6.61 Å². The largest absolute Gasteiger partial charge is 0.480 e. The second-order valence-electron chi connectivity index (χ2n) is 9.45. The minimum atomic E-state index is -1.01. The number of carbonyl (C=O) groups excluding carboxylic acids is 1. The van der Waals surface area contributed by atoms with Crippen LogP contribution in [0.5, 0.6) is 0 Å². The Morgan fingerprint density at radius 3 is 2.38 bits per heavy atom. The Hall–Kier alpha value is -2.40. The van der Waals surface area contributed by atoms with E-state index in [0.29, 0.717) is 24.3 Å². The third-order valence-corrected chi connectivity index (χ3v) is 6.78. The lowest BCUT2D eigenvalue weighted by Crippen LogP contribution is -2.55. The van der Waals surface area contributed by atoms with Crippen molar-refractivity contribution in [2.45, 2.75) is 58.2 Å². The fourth-order valence-corrected chi connectivity index (χ4v) is 5.03. The number of hydrogen-bond donors (Lipinski definition) is 1. The van der Waals surface area contributed by atoms with Gasteiger partial charge in [-0.25, -0.2) is 4.79 Å². The molecule has 0 bridgehead atoms. The van der Waals surface area contributed by atoms with Gasteiger partial charge in [0, 0.05) is 5.56 Å². The first kappa shape index (κ1) is 19.9. The van der Waals surface area contributed by atoms with Crippen LogP contribution in [0.25, 0.3) is 10.8 Å². The van der Waals surface area contributed by atoms with Crippen LogP contribution in [-0.2, 0) is 9.53 Å². The van der Waals surface area contributed by atoms with Gasteiger partial charge in [-0.15, -0.1) is 0 Å². The molecule has 1 saturated carbocycles. The molecule has 154 valence electrons. The molecule has 5 heteroatoms. The third-order valence-electron chi connectivity index (χ3n) is 6.78. The predicted molar refractivity (Wildman–Crippen MR) is 112 cm³/mol. The molecule has 2 aromatic rings. The molecule has 1 N–H and O–H groups in total. The van der Waals surface area contributed by atoms with Crippen molar-refractivity contribution in [3.8, 4) is 0 Å². The van der Waals surface area contributed by atoms with Crippen LogP contribution in [0.4, 0.5) is 0 Å². The standard InChI is InChI=1S/C24H29NO4/c1-23(2,3)17-11-13-24(14-12-17)25(20(15-29-24)22(27)28)21(26)19-10-6-8-16-7-4-5-9-18(16)19/h4-10,17,20H,11-15H2,1-3H3,(H,27,28)/t17?,20-,24?/m0/s1. The quantitative estimate of drug-likeness (QED) is 0.800. The van der Waals surface area contributed by atoms with E-state index in [1.165, 1.54) is 4.90 Å². The predicted octanol–water partition coefficient (Wildman–Crippen LogP) is 4.70. The maximum absolute atomic E-state index is 13.7. The van der Waals surface area contributed by atoms with E-state index in [0.717, 1.165) is 23.6 Å². The number of aliphatic carboxylic acids is 1. The van der Waals surface area contributed by atoms with Crippen LogP contribution >= 0.6 is 0 Å². The van der Waals surface area contributed by atoms with E-state index in [1.54, 1.807) is 6.07 Å². The average molecular weight is 395 g/mol. The van der Waals surface area contributed by atoms with Gasteiger partial charge in [0.15, 0.2) is 6.04 Å². The molecular weight excluding hydrogens is 366 g/mol. The molecule has 1 amide bonds. The molecule has 1 aliphatic heterocycles. The highest BCUT2D eigenvalue weighted by Gasteiger charge is 2.54. The molecular formula is C24H29NO4. The number of hydrogen-bond acceptors (Lipinski definition) is 3. The van der Waals surface area contributed by atoms with Crippen molar-refractivity contribution in [2.75, 3.05) is 6.61 Å². The molecule has 1 saturated heterocycles. The molecule has 2 aliphatic rings. The van der Waals surface area contributed by atoms with Crippen LogP contribution in [0, 0.1) is 11.3 Å². The number of amides is 1. The fourth-order valence-electron chi connectivity index (χ4n) is 5.03. The second kappa shape index (κ2) is 7.13. The van der Waals surface area contributed by atoms with E-state index >= 15 is 0 Å². The molecule has 4 rings (SSSR count). The third kappa shape index (κ3) is 3.42. The van der Waals surface area contributed by atoms with Crippen molar-refractivity contribution in [2.24, 2.45) is 11.3 Å². The summed E-state index contributed by atoms with van der Waals surface area (Å²) in [5.41, 5.74) is -0.0902. The lowest BCUT2D eigenvalue weighted by molar-refractivity contribution is -0.144. The summed E-state index contributed by atoms with van der Waals surface area (Å²) in [6, 6.07) is 12.4. The number of nitrogens with zero attached hydrogens (tertiary/aromatic N) is 1. The number of ether oxygens (including phenoxy) is 1. The summed E-state index contributed by atoms with van der Waals surface area (Å²) in [7, 11) is 0. The monoisotopic (exact) mass is 395 g/mol. The lowest BCUT2D eigenvalue weighted by atomic mass is 9.70. The Morgan fingerprint density at radius 2 is 1.72 bits per heavy atom. The fraction of sp³-hybridized carbons (Fsp3) is 0.500. The van der Waals surface area contributed by atoms with Crippen LogP contribution < -0.4 is 0 Å². The number of rotatable bonds is 2. The molecule has 1 atom stereocenters. The SMILES string of the molecule is CC(C)(C)C1CCC2(CC1)OC[C@@H](C(=O)O)N2C(=O)c1cccc2ccccc12. The van der Waals surface area contributed by atoms with Crippen molar-refractivity contribution in [1.29, 1.82) is 0 Å². The molecule has 2 aromatic carbocycles. The highest BCUT2D eigenvalue weighted by Crippen LogP contribution is 2.47. The topological polar surface area (TPSA) is 66.8 Å². The highest BCUT2D eigenvalue weighted by atomic mass is 16.5. The van der Waals surface area contributed by atoms with Crippen LogP contribution in [0.1, 0.15) is 56.8 Å². The maximum atomic E-state index is 13.7. The molecule has 0 aromatic heterocycles. The Kier molecular flexibility index (Phi) is 4.89. The van der Waals surface area contributed by atoms with Crippen molar-refractivity contribution >= 4 is 22.6 Å². The normalized spacial score (nSPS) is 27.5. The van der Waals surface area contributed by atoms with Gasteiger partial charge in [0.2, 0.25) is 0 Å². The number of carboxylic acid groups (broad SMARTS) is 1. The van der Waals surface area contributed by atoms with Gasteiger partial charge in [-0.05, 0) is 53.9 Å². The van der Waals surface area contributed by atoms with Gasteiger partial charge >= 0.3 is 5.97 Å². The molecule has 5 nitrogen and oxygen atoms in total. The van der Waals surface area contributed by atoms with Gasteiger partial charge in [-0.3, -0.25) is 9.69 Å². The first-order valence-electron chi connectivity index (χ1n) is 10.4. The van der Waals surface area contributed by atoms with E-state index in [-0.39, 0.29) is 17.9 Å². The Labute approximate surface area is 171 Å². The minimum absolute atomic E-state index is 0.0476. The molecule has 0 unspecified atom stereocenters. The average Bonchev–Trinajstić information content (AvgIpc) is 3.05. The van der Waals surface area contributed by atoms with Gasteiger partial charge in [-0.2, -0.15) is 0 Å². The maximum Gasteiger partial charge on any atom is 0.328 e. The van der Waals surface area contributed by atoms with E-state index < -0.39 is 17.7 Å². The van der Waals surface area contributed by atoms with Crippen molar-refractivity contribution in [3.63, 3.8) is 0 Å². The molecule has 0 radical (unpaired) electrons. The lowest BCUT2D eigenvalue weighted by Gasteiger charge is -2.46. The molecule has 2 fully saturated rings. The summed E-state index contributed by atoms with van der Waals surface area (Å²) in [6.45, 7) is 6.77. The highest BCUT2D eigenvalue weighted by molar-refractivity contribution is 6.08. The molecule has 1 aliphatic carbocycles. The number of fused-ring (bicyclic) bond motifs is 1. The van der Waals surface area contributed by atoms with Gasteiger partial charge in [0.25, 0.3) is 5.91 Å². The van der Waals surface area contributed by atoms with Crippen LogP contribution in [0.15, 0.2) is 42.5 Å². The Balaban J connectivity index is 1.72. The summed E-state index contributed by atoms with van der Waals surface area (Å²) in [4.78, 5) is 27.2. The summed E-state index contributed by atoms with van der Waals surface area (Å²) < 4.78 is 6.11. The first-order chi connectivity index (χ1) is 13.7. The molecule has 1 heterocycles. The Morgan fingerprint density at radius 1 is 1.07 bits per heavy atom.